The Labute approximate surface area is 507 Å². The van der Waals surface area contributed by atoms with Crippen molar-refractivity contribution >= 4 is 160 Å². The molecular formula is C49H39N11O23S7. The van der Waals surface area contributed by atoms with Gasteiger partial charge in [-0.25, -0.2) is 16.8 Å². The Morgan fingerprint density at radius 2 is 0.811 bits per heavy atom. The van der Waals surface area contributed by atoms with Gasteiger partial charge in [0.2, 0.25) is 0 Å². The van der Waals surface area contributed by atoms with Gasteiger partial charge in [0, 0.05) is 16.7 Å². The number of benzene rings is 8. The van der Waals surface area contributed by atoms with Crippen LogP contribution < -0.4 is 16.8 Å². The molecule has 470 valence electrons. The number of nitrogens with two attached hydrogens (primary N) is 2. The SMILES string of the molecule is C=CS(=O)(=O)c1ccc(N=Nc2c(S(=O)(=O)O)cc3cc(S(=O)(=O)O)c(N=Nc4cc(NC(=O)c5ccc(N=Nc6c(S(=O)(=O)O)cc7cc(S(=O)(=O)O)c(N=Nc8ccc(S(=O)(=O)CCO)cc8)c(N)c7c6O)cc5)ccc4S(=O)(=O)O)c(O)c3c2N)cc1. The lowest BCUT2D eigenvalue weighted by Crippen LogP contribution is -2.11. The van der Waals surface area contributed by atoms with Gasteiger partial charge >= 0.3 is 0 Å². The van der Waals surface area contributed by atoms with Crippen molar-refractivity contribution in [1.29, 1.82) is 0 Å². The summed E-state index contributed by atoms with van der Waals surface area (Å²) >= 11 is 0. The van der Waals surface area contributed by atoms with Crippen LogP contribution in [0.15, 0.2) is 202 Å². The lowest BCUT2D eigenvalue weighted by Gasteiger charge is -2.14. The summed E-state index contributed by atoms with van der Waals surface area (Å²) in [6, 6.07) is 18.0. The van der Waals surface area contributed by atoms with Crippen LogP contribution in [0.1, 0.15) is 10.4 Å². The van der Waals surface area contributed by atoms with Gasteiger partial charge < -0.3 is 32.1 Å². The topological polar surface area (TPSA) is 581 Å². The van der Waals surface area contributed by atoms with Gasteiger partial charge in [0.15, 0.2) is 31.2 Å². The number of carbonyl (C=O) groups is 1. The van der Waals surface area contributed by atoms with E-state index in [2.05, 4.69) is 52.8 Å². The Morgan fingerprint density at radius 1 is 0.456 bits per heavy atom. The lowest BCUT2D eigenvalue weighted by atomic mass is 10.1. The van der Waals surface area contributed by atoms with Gasteiger partial charge in [0.25, 0.3) is 56.5 Å². The monoisotopic (exact) mass is 1370 g/mol. The van der Waals surface area contributed by atoms with Gasteiger partial charge in [-0.05, 0) is 126 Å². The van der Waals surface area contributed by atoms with Gasteiger partial charge in [0.1, 0.15) is 52.9 Å². The number of hydrogen-bond acceptors (Lipinski definition) is 28. The number of sulfone groups is 2. The van der Waals surface area contributed by atoms with Crippen molar-refractivity contribution in [3.8, 4) is 11.5 Å². The van der Waals surface area contributed by atoms with Crippen molar-refractivity contribution < 1.29 is 102 Å². The summed E-state index contributed by atoms with van der Waals surface area (Å²) in [5.74, 6) is -4.04. The number of carbonyl (C=O) groups excluding carboxylic acids is 1. The maximum Gasteiger partial charge on any atom is 0.296 e. The van der Waals surface area contributed by atoms with Crippen LogP contribution in [0.3, 0.4) is 0 Å². The number of hydrogen-bond donors (Lipinski definition) is 11. The molecule has 8 aromatic rings. The van der Waals surface area contributed by atoms with Crippen molar-refractivity contribution in [1.82, 2.24) is 0 Å². The van der Waals surface area contributed by atoms with Crippen molar-refractivity contribution in [3.05, 3.63) is 133 Å². The summed E-state index contributed by atoms with van der Waals surface area (Å²) in [6.07, 6.45) is 0. The second-order valence-corrected chi connectivity index (χ2v) is 29.2. The molecule has 0 aliphatic rings. The number of fused-ring (bicyclic) bond motifs is 2. The highest BCUT2D eigenvalue weighted by Crippen LogP contribution is 2.50. The minimum Gasteiger partial charge on any atom is -0.505 e. The van der Waals surface area contributed by atoms with E-state index in [1.807, 2.05) is 0 Å². The molecule has 0 aliphatic heterocycles. The lowest BCUT2D eigenvalue weighted by molar-refractivity contribution is 0.102. The molecule has 41 heteroatoms. The van der Waals surface area contributed by atoms with Crippen molar-refractivity contribution in [2.45, 2.75) is 34.3 Å². The van der Waals surface area contributed by atoms with Gasteiger partial charge in [-0.15, -0.1) is 25.6 Å². The number of aromatic hydroxyl groups is 2. The summed E-state index contributed by atoms with van der Waals surface area (Å²) in [4.78, 5) is 7.37. The maximum absolute atomic E-state index is 13.5. The predicted octanol–water partition coefficient (Wildman–Crippen LogP) is 8.40. The highest BCUT2D eigenvalue weighted by atomic mass is 32.2. The summed E-state index contributed by atoms with van der Waals surface area (Å²) in [6.45, 7) is 2.54. The fourth-order valence-corrected chi connectivity index (χ4v) is 13.2. The van der Waals surface area contributed by atoms with E-state index in [0.29, 0.717) is 35.7 Å². The first-order chi connectivity index (χ1) is 41.7. The first kappa shape index (κ1) is 66.5. The van der Waals surface area contributed by atoms with Gasteiger partial charge in [-0.3, -0.25) is 27.6 Å². The summed E-state index contributed by atoms with van der Waals surface area (Å²) in [5.41, 5.74) is 5.18. The van der Waals surface area contributed by atoms with Crippen LogP contribution in [0.4, 0.5) is 62.6 Å². The molecule has 34 nitrogen and oxygen atoms in total. The number of phenolic OH excluding ortho intramolecular Hbond substituents is 2. The molecule has 0 aromatic heterocycles. The van der Waals surface area contributed by atoms with Crippen molar-refractivity contribution in [2.24, 2.45) is 40.9 Å². The average molecular weight is 1370 g/mol. The van der Waals surface area contributed by atoms with E-state index >= 15 is 0 Å². The molecule has 0 saturated heterocycles. The second-order valence-electron chi connectivity index (χ2n) is 18.2. The average Bonchev–Trinajstić information content (AvgIpc) is 0.750. The van der Waals surface area contributed by atoms with E-state index in [4.69, 9.17) is 16.6 Å². The predicted molar refractivity (Wildman–Crippen MR) is 316 cm³/mol. The standard InChI is InChI=1S/C49H39N11O23S7/c1-2-84(65,66)31-12-7-28(8-13-31)53-57-44-36(88(75,76)77)20-26-22-38(90(81,82)83)46(48(63)40(26)42(44)51)60-56-33-23-30(11-16-34(33)86(69,70)71)52-49(64)24-3-5-27(6-4-24)55-59-45-37(89(78,79)80)21-25-19-35(87(72,73)74)43(41(50)39(25)47(45)62)58-54-29-9-14-32(15-10-29)85(67,68)18-17-61/h2-16,19-23,61-63H,1,17-18,50-51H2,(H,52,64)(H,69,70,71)(H,72,73,74)(H,75,76,77)(H,78,79,80)(H,81,82,83). The minimum atomic E-state index is -5.53. The molecule has 13 N–H and O–H groups in total. The van der Waals surface area contributed by atoms with E-state index in [1.165, 1.54) is 0 Å². The van der Waals surface area contributed by atoms with Crippen LogP contribution in [-0.2, 0) is 70.3 Å². The third-order valence-corrected chi connectivity index (χ3v) is 19.8. The number of aliphatic hydroxyl groups excluding tert-OH is 1. The molecule has 0 unspecified atom stereocenters. The quantitative estimate of drug-likeness (QED) is 0.0194. The van der Waals surface area contributed by atoms with E-state index in [-0.39, 0.29) is 38.1 Å². The molecule has 8 rings (SSSR count). The molecule has 0 aliphatic carbocycles. The number of nitrogen functional groups attached to an aromatic ring is 2. The van der Waals surface area contributed by atoms with Crippen molar-refractivity contribution in [2.75, 3.05) is 29.1 Å². The fraction of sp³-hybridized carbons (Fsp3) is 0.0408. The van der Waals surface area contributed by atoms with Crippen LogP contribution in [0, 0.1) is 0 Å². The summed E-state index contributed by atoms with van der Waals surface area (Å²) in [7, 11) is -34.6. The molecule has 0 spiro atoms. The third kappa shape index (κ3) is 14.2. The van der Waals surface area contributed by atoms with Crippen LogP contribution in [-0.4, -0.2) is 115 Å². The van der Waals surface area contributed by atoms with Crippen LogP contribution >= 0.6 is 0 Å². The van der Waals surface area contributed by atoms with Crippen LogP contribution in [0.25, 0.3) is 21.5 Å². The molecule has 8 aromatic carbocycles. The molecule has 0 atom stereocenters. The zero-order chi connectivity index (χ0) is 66.4. The number of aliphatic hydroxyl groups is 1. The third-order valence-electron chi connectivity index (χ3n) is 12.4. The molecule has 0 saturated carbocycles. The molecule has 1 amide bonds. The zero-order valence-electron chi connectivity index (χ0n) is 44.5. The minimum absolute atomic E-state index is 0.0979. The van der Waals surface area contributed by atoms with Crippen molar-refractivity contribution in [3.63, 3.8) is 0 Å². The number of amides is 1. The first-order valence-electron chi connectivity index (χ1n) is 24.0. The van der Waals surface area contributed by atoms with E-state index in [9.17, 15) is 96.7 Å². The molecule has 90 heavy (non-hydrogen) atoms. The number of anilines is 3. The maximum atomic E-state index is 13.5. The summed E-state index contributed by atoms with van der Waals surface area (Å²) < 4.78 is 226. The van der Waals surface area contributed by atoms with Crippen LogP contribution in [0.5, 0.6) is 11.5 Å². The molecule has 0 fully saturated rings. The van der Waals surface area contributed by atoms with E-state index in [1.54, 1.807) is 0 Å². The van der Waals surface area contributed by atoms with Crippen LogP contribution in [0.2, 0.25) is 0 Å². The Bertz CT molecular complexity index is 5350. The molecule has 0 radical (unpaired) electrons. The zero-order valence-corrected chi connectivity index (χ0v) is 50.2. The molecule has 0 heterocycles. The molecular weight excluding hydrogens is 1340 g/mol. The van der Waals surface area contributed by atoms with E-state index in [0.717, 1.165) is 84.9 Å². The van der Waals surface area contributed by atoms with Gasteiger partial charge in [0.05, 0.1) is 61.4 Å². The molecule has 0 bridgehead atoms. The highest BCUT2D eigenvalue weighted by molar-refractivity contribution is 7.94. The highest BCUT2D eigenvalue weighted by Gasteiger charge is 2.31. The Hall–Kier alpha value is -9.50. The number of nitrogens with zero attached hydrogens (tertiary/aromatic N) is 8. The fourth-order valence-electron chi connectivity index (χ4n) is 8.17. The number of azo groups is 4. The first-order valence-corrected chi connectivity index (χ1v) is 34.4. The second kappa shape index (κ2) is 24.5. The van der Waals surface area contributed by atoms with Gasteiger partial charge in [-0.1, -0.05) is 6.58 Å². The van der Waals surface area contributed by atoms with E-state index < -0.39 is 186 Å². The Kier molecular flexibility index (Phi) is 18.1. The summed E-state index contributed by atoms with van der Waals surface area (Å²) in [5, 5.41) is 62.8. The normalized spacial score (nSPS) is 13.1. The number of rotatable bonds is 20. The Balaban J connectivity index is 1.11. The smallest absolute Gasteiger partial charge is 0.296 e. The largest absolute Gasteiger partial charge is 0.505 e. The number of nitrogens with one attached hydrogen (secondary N) is 1. The Morgan fingerprint density at radius 3 is 1.19 bits per heavy atom. The number of phenols is 2. The van der Waals surface area contributed by atoms with Gasteiger partial charge in [-0.2, -0.15) is 57.4 Å².